The predicted molar refractivity (Wildman–Crippen MR) is 85.1 cm³/mol. The van der Waals surface area contributed by atoms with E-state index in [0.717, 1.165) is 18.5 Å². The summed E-state index contributed by atoms with van der Waals surface area (Å²) in [6, 6.07) is 8.27. The van der Waals surface area contributed by atoms with E-state index in [-0.39, 0.29) is 11.9 Å². The lowest BCUT2D eigenvalue weighted by Gasteiger charge is -2.17. The Morgan fingerprint density at radius 1 is 1.38 bits per heavy atom. The molecular weight excluding hydrogens is 335 g/mol. The molecule has 1 unspecified atom stereocenters. The van der Waals surface area contributed by atoms with Crippen molar-refractivity contribution in [2.45, 2.75) is 26.3 Å². The summed E-state index contributed by atoms with van der Waals surface area (Å²) in [5.41, 5.74) is 0.946. The number of ether oxygens (including phenoxy) is 1. The molecule has 0 amide bonds. The van der Waals surface area contributed by atoms with Crippen molar-refractivity contribution in [2.24, 2.45) is 0 Å². The Morgan fingerprint density at radius 3 is 2.95 bits per heavy atom. The number of hydrogen-bond donors (Lipinski definition) is 1. The standard InChI is InChI=1S/C16H18BrFN2O/c1-3-8-19-11(2)13-5-4-9-20-16(13)21-15-10-12(18)6-7-14(15)17/h4-7,9-11,19H,3,8H2,1-2H3. The van der Waals surface area contributed by atoms with Crippen molar-refractivity contribution in [1.82, 2.24) is 10.3 Å². The molecule has 0 spiro atoms. The van der Waals surface area contributed by atoms with Crippen LogP contribution in [0.25, 0.3) is 0 Å². The number of benzene rings is 1. The van der Waals surface area contributed by atoms with Crippen LogP contribution in [0.2, 0.25) is 0 Å². The van der Waals surface area contributed by atoms with Crippen LogP contribution < -0.4 is 10.1 Å². The molecule has 5 heteroatoms. The Labute approximate surface area is 132 Å². The Hall–Kier alpha value is -1.46. The quantitative estimate of drug-likeness (QED) is 0.807. The van der Waals surface area contributed by atoms with E-state index in [1.54, 1.807) is 12.3 Å². The topological polar surface area (TPSA) is 34.2 Å². The third kappa shape index (κ3) is 4.25. The zero-order valence-electron chi connectivity index (χ0n) is 12.1. The lowest BCUT2D eigenvalue weighted by atomic mass is 10.1. The van der Waals surface area contributed by atoms with Crippen molar-refractivity contribution < 1.29 is 9.13 Å². The van der Waals surface area contributed by atoms with E-state index in [1.165, 1.54) is 12.1 Å². The highest BCUT2D eigenvalue weighted by Crippen LogP contribution is 2.32. The summed E-state index contributed by atoms with van der Waals surface area (Å²) < 4.78 is 19.8. The van der Waals surface area contributed by atoms with Crippen LogP contribution >= 0.6 is 15.9 Å². The summed E-state index contributed by atoms with van der Waals surface area (Å²) in [7, 11) is 0. The van der Waals surface area contributed by atoms with Crippen LogP contribution in [0.3, 0.4) is 0 Å². The van der Waals surface area contributed by atoms with Gasteiger partial charge in [0.2, 0.25) is 5.88 Å². The third-order valence-corrected chi connectivity index (χ3v) is 3.72. The molecule has 0 fully saturated rings. The molecule has 0 bridgehead atoms. The minimum Gasteiger partial charge on any atom is -0.437 e. The van der Waals surface area contributed by atoms with Gasteiger partial charge < -0.3 is 10.1 Å². The Balaban J connectivity index is 2.25. The second-order valence-electron chi connectivity index (χ2n) is 4.75. The molecule has 1 aromatic heterocycles. The van der Waals surface area contributed by atoms with E-state index in [1.807, 2.05) is 12.1 Å². The molecule has 112 valence electrons. The fraction of sp³-hybridized carbons (Fsp3) is 0.312. The molecule has 21 heavy (non-hydrogen) atoms. The van der Waals surface area contributed by atoms with Crippen LogP contribution in [-0.2, 0) is 0 Å². The fourth-order valence-corrected chi connectivity index (χ4v) is 2.28. The van der Waals surface area contributed by atoms with Crippen LogP contribution in [0.4, 0.5) is 4.39 Å². The first-order valence-corrected chi connectivity index (χ1v) is 7.72. The van der Waals surface area contributed by atoms with Gasteiger partial charge in [-0.15, -0.1) is 0 Å². The van der Waals surface area contributed by atoms with Crippen LogP contribution in [0, 0.1) is 5.82 Å². The average Bonchev–Trinajstić information content (AvgIpc) is 2.49. The summed E-state index contributed by atoms with van der Waals surface area (Å²) in [5, 5.41) is 3.39. The second-order valence-corrected chi connectivity index (χ2v) is 5.60. The monoisotopic (exact) mass is 352 g/mol. The maximum absolute atomic E-state index is 13.3. The van der Waals surface area contributed by atoms with Gasteiger partial charge in [0.15, 0.2) is 0 Å². The number of nitrogens with one attached hydrogen (secondary N) is 1. The number of rotatable bonds is 6. The van der Waals surface area contributed by atoms with Crippen molar-refractivity contribution >= 4 is 15.9 Å². The highest BCUT2D eigenvalue weighted by atomic mass is 79.9. The largest absolute Gasteiger partial charge is 0.437 e. The molecule has 0 saturated heterocycles. The molecule has 1 aromatic carbocycles. The molecule has 2 rings (SSSR count). The van der Waals surface area contributed by atoms with Gasteiger partial charge in [0.25, 0.3) is 0 Å². The number of nitrogens with zero attached hydrogens (tertiary/aromatic N) is 1. The minimum absolute atomic E-state index is 0.112. The zero-order chi connectivity index (χ0) is 15.2. The van der Waals surface area contributed by atoms with Crippen molar-refractivity contribution in [3.63, 3.8) is 0 Å². The molecule has 1 N–H and O–H groups in total. The molecule has 2 aromatic rings. The Kier molecular flexibility index (Phi) is 5.70. The number of hydrogen-bond acceptors (Lipinski definition) is 3. The maximum Gasteiger partial charge on any atom is 0.224 e. The zero-order valence-corrected chi connectivity index (χ0v) is 13.7. The van der Waals surface area contributed by atoms with Gasteiger partial charge >= 0.3 is 0 Å². The van der Waals surface area contributed by atoms with Crippen molar-refractivity contribution in [1.29, 1.82) is 0 Å². The van der Waals surface area contributed by atoms with Crippen LogP contribution in [0.15, 0.2) is 41.0 Å². The first-order chi connectivity index (χ1) is 10.1. The summed E-state index contributed by atoms with van der Waals surface area (Å²) in [6.45, 7) is 5.09. The van der Waals surface area contributed by atoms with Gasteiger partial charge in [-0.2, -0.15) is 0 Å². The minimum atomic E-state index is -0.345. The summed E-state index contributed by atoms with van der Waals surface area (Å²) in [5.74, 6) is 0.556. The first kappa shape index (κ1) is 15.9. The van der Waals surface area contributed by atoms with Gasteiger partial charge in [0, 0.05) is 23.9 Å². The number of halogens is 2. The molecule has 1 atom stereocenters. The lowest BCUT2D eigenvalue weighted by Crippen LogP contribution is -2.20. The van der Waals surface area contributed by atoms with E-state index in [9.17, 15) is 4.39 Å². The summed E-state index contributed by atoms with van der Waals surface area (Å²) in [6.07, 6.45) is 2.72. The molecule has 0 radical (unpaired) electrons. The van der Waals surface area contributed by atoms with Crippen LogP contribution in [-0.4, -0.2) is 11.5 Å². The highest BCUT2D eigenvalue weighted by molar-refractivity contribution is 9.10. The van der Waals surface area contributed by atoms with E-state index >= 15 is 0 Å². The van der Waals surface area contributed by atoms with E-state index in [0.29, 0.717) is 16.1 Å². The molecule has 0 aliphatic rings. The van der Waals surface area contributed by atoms with Gasteiger partial charge in [-0.25, -0.2) is 9.37 Å². The maximum atomic E-state index is 13.3. The van der Waals surface area contributed by atoms with Gasteiger partial charge in [0.1, 0.15) is 11.6 Å². The fourth-order valence-electron chi connectivity index (χ4n) is 1.95. The highest BCUT2D eigenvalue weighted by Gasteiger charge is 2.14. The number of pyridine rings is 1. The summed E-state index contributed by atoms with van der Waals surface area (Å²) >= 11 is 3.36. The third-order valence-electron chi connectivity index (χ3n) is 3.07. The van der Waals surface area contributed by atoms with E-state index < -0.39 is 0 Å². The molecule has 0 aliphatic heterocycles. The second kappa shape index (κ2) is 7.52. The Bertz CT molecular complexity index is 607. The number of aromatic nitrogens is 1. The molecule has 1 heterocycles. The van der Waals surface area contributed by atoms with E-state index in [4.69, 9.17) is 4.74 Å². The van der Waals surface area contributed by atoms with Gasteiger partial charge in [-0.1, -0.05) is 13.0 Å². The van der Waals surface area contributed by atoms with Gasteiger partial charge in [-0.3, -0.25) is 0 Å². The molecule has 0 aliphatic carbocycles. The normalized spacial score (nSPS) is 12.2. The SMILES string of the molecule is CCCNC(C)c1cccnc1Oc1cc(F)ccc1Br. The molecular formula is C16H18BrFN2O. The van der Waals surface area contributed by atoms with Gasteiger partial charge in [-0.05, 0) is 54.0 Å². The van der Waals surface area contributed by atoms with Crippen molar-refractivity contribution in [3.8, 4) is 11.6 Å². The molecule has 3 nitrogen and oxygen atoms in total. The average molecular weight is 353 g/mol. The van der Waals surface area contributed by atoms with Crippen molar-refractivity contribution in [3.05, 3.63) is 52.4 Å². The molecule has 0 saturated carbocycles. The summed E-state index contributed by atoms with van der Waals surface area (Å²) in [4.78, 5) is 4.27. The predicted octanol–water partition coefficient (Wildman–Crippen LogP) is 4.84. The van der Waals surface area contributed by atoms with Crippen molar-refractivity contribution in [2.75, 3.05) is 6.54 Å². The smallest absolute Gasteiger partial charge is 0.224 e. The first-order valence-electron chi connectivity index (χ1n) is 6.93. The van der Waals surface area contributed by atoms with Gasteiger partial charge in [0.05, 0.1) is 4.47 Å². The van der Waals surface area contributed by atoms with Crippen LogP contribution in [0.1, 0.15) is 31.9 Å². The lowest BCUT2D eigenvalue weighted by molar-refractivity contribution is 0.436. The van der Waals surface area contributed by atoms with E-state index in [2.05, 4.69) is 40.1 Å². The Morgan fingerprint density at radius 2 is 2.19 bits per heavy atom. The van der Waals surface area contributed by atoms with Crippen LogP contribution in [0.5, 0.6) is 11.6 Å².